The van der Waals surface area contributed by atoms with E-state index < -0.39 is 5.91 Å². The van der Waals surface area contributed by atoms with Crippen LogP contribution in [0.2, 0.25) is 0 Å². The Morgan fingerprint density at radius 1 is 1.14 bits per heavy atom. The Morgan fingerprint density at radius 3 is 2.57 bits per heavy atom. The molecule has 3 aromatic rings. The molecule has 1 saturated carbocycles. The number of aromatic amines is 1. The van der Waals surface area contributed by atoms with Crippen molar-refractivity contribution in [1.29, 1.82) is 0 Å². The first-order chi connectivity index (χ1) is 17.8. The summed E-state index contributed by atoms with van der Waals surface area (Å²) in [6.45, 7) is 5.36. The van der Waals surface area contributed by atoms with Crippen molar-refractivity contribution in [3.05, 3.63) is 63.6 Å². The number of fused-ring (bicyclic) bond motifs is 1. The van der Waals surface area contributed by atoms with E-state index in [9.17, 15) is 14.4 Å². The molecular weight excluding hydrogens is 468 g/mol. The third-order valence-corrected chi connectivity index (χ3v) is 7.47. The van der Waals surface area contributed by atoms with E-state index in [1.54, 1.807) is 9.47 Å². The normalized spacial score (nSPS) is 14.1. The van der Waals surface area contributed by atoms with E-state index in [-0.39, 0.29) is 24.6 Å². The number of H-pyrrole nitrogens is 1. The number of hydrogen-bond acceptors (Lipinski definition) is 4. The van der Waals surface area contributed by atoms with E-state index >= 15 is 0 Å². The van der Waals surface area contributed by atoms with E-state index in [0.717, 1.165) is 53.6 Å². The molecule has 1 fully saturated rings. The van der Waals surface area contributed by atoms with E-state index in [4.69, 9.17) is 10.5 Å². The molecule has 0 atom stereocenters. The van der Waals surface area contributed by atoms with Crippen molar-refractivity contribution in [3.63, 3.8) is 0 Å². The zero-order valence-electron chi connectivity index (χ0n) is 21.9. The number of benzene rings is 2. The number of hydrogen-bond donors (Lipinski definition) is 2. The van der Waals surface area contributed by atoms with Gasteiger partial charge >= 0.3 is 5.69 Å². The molecule has 1 aromatic heterocycles. The number of ether oxygens (including phenoxy) is 1. The van der Waals surface area contributed by atoms with Crippen molar-refractivity contribution in [2.24, 2.45) is 11.7 Å². The minimum atomic E-state index is -0.507. The fraction of sp³-hybridized carbons (Fsp3) is 0.483. The number of imidazole rings is 1. The summed E-state index contributed by atoms with van der Waals surface area (Å²) in [7, 11) is 0. The molecule has 1 aliphatic rings. The first-order valence-corrected chi connectivity index (χ1v) is 13.3. The number of aryl methyl sites for hydroxylation is 2. The fourth-order valence-corrected chi connectivity index (χ4v) is 5.41. The van der Waals surface area contributed by atoms with E-state index in [2.05, 4.69) is 4.98 Å². The molecule has 8 nitrogen and oxygen atoms in total. The van der Waals surface area contributed by atoms with Gasteiger partial charge in [-0.1, -0.05) is 37.5 Å². The number of primary amides is 1. The van der Waals surface area contributed by atoms with Gasteiger partial charge in [-0.05, 0) is 73.9 Å². The first-order valence-electron chi connectivity index (χ1n) is 13.3. The highest BCUT2D eigenvalue weighted by atomic mass is 16.5. The molecule has 3 N–H and O–H groups in total. The standard InChI is InChI=1S/C29H38N4O4/c1-20-16-25-28(33(29(36)31-25)14-9-15-37-23-12-7-4-8-13-23)24(21(20)2)17-27(35)32(19-26(30)34)18-22-10-5-3-6-11-22/h4,7-8,12-13,16,22H,3,5-6,9-11,14-15,17-19H2,1-2H3,(H2,30,34)(H,31,36). The number of para-hydroxylation sites is 1. The van der Waals surface area contributed by atoms with Crippen LogP contribution < -0.4 is 16.2 Å². The summed E-state index contributed by atoms with van der Waals surface area (Å²) < 4.78 is 7.51. The van der Waals surface area contributed by atoms with Gasteiger partial charge in [-0.25, -0.2) is 4.79 Å². The smallest absolute Gasteiger partial charge is 0.326 e. The van der Waals surface area contributed by atoms with Crippen LogP contribution in [0, 0.1) is 19.8 Å². The Kier molecular flexibility index (Phi) is 8.69. The lowest BCUT2D eigenvalue weighted by molar-refractivity contribution is -0.135. The van der Waals surface area contributed by atoms with Gasteiger partial charge < -0.3 is 20.4 Å². The molecule has 0 bridgehead atoms. The highest BCUT2D eigenvalue weighted by molar-refractivity contribution is 5.90. The van der Waals surface area contributed by atoms with Gasteiger partial charge in [-0.2, -0.15) is 0 Å². The molecule has 2 amide bonds. The van der Waals surface area contributed by atoms with Gasteiger partial charge in [0.2, 0.25) is 11.8 Å². The van der Waals surface area contributed by atoms with E-state index in [1.165, 1.54) is 6.42 Å². The van der Waals surface area contributed by atoms with Crippen LogP contribution in [0.15, 0.2) is 41.2 Å². The Hall–Kier alpha value is -3.55. The predicted molar refractivity (Wildman–Crippen MR) is 145 cm³/mol. The van der Waals surface area contributed by atoms with Crippen LogP contribution in [-0.2, 0) is 22.6 Å². The highest BCUT2D eigenvalue weighted by Crippen LogP contribution is 2.27. The second-order valence-electron chi connectivity index (χ2n) is 10.2. The molecule has 2 aromatic carbocycles. The number of aromatic nitrogens is 2. The molecule has 0 spiro atoms. The predicted octanol–water partition coefficient (Wildman–Crippen LogP) is 3.85. The summed E-state index contributed by atoms with van der Waals surface area (Å²) in [5.74, 6) is 0.545. The topological polar surface area (TPSA) is 110 Å². The third-order valence-electron chi connectivity index (χ3n) is 7.47. The second-order valence-corrected chi connectivity index (χ2v) is 10.2. The molecule has 4 rings (SSSR count). The number of rotatable bonds is 11. The minimum Gasteiger partial charge on any atom is -0.494 e. The van der Waals surface area contributed by atoms with Gasteiger partial charge in [-0.3, -0.25) is 14.2 Å². The maximum Gasteiger partial charge on any atom is 0.326 e. The lowest BCUT2D eigenvalue weighted by Gasteiger charge is -2.29. The van der Waals surface area contributed by atoms with Crippen LogP contribution in [0.1, 0.15) is 55.2 Å². The van der Waals surface area contributed by atoms with Gasteiger partial charge in [0.15, 0.2) is 0 Å². The lowest BCUT2D eigenvalue weighted by atomic mass is 9.88. The van der Waals surface area contributed by atoms with Crippen LogP contribution in [-0.4, -0.2) is 46.0 Å². The summed E-state index contributed by atoms with van der Waals surface area (Å²) in [5.41, 5.74) is 9.58. The molecule has 37 heavy (non-hydrogen) atoms. The van der Waals surface area contributed by atoms with Gasteiger partial charge in [0.05, 0.1) is 30.6 Å². The average molecular weight is 507 g/mol. The maximum absolute atomic E-state index is 13.6. The van der Waals surface area contributed by atoms with Crippen LogP contribution in [0.3, 0.4) is 0 Å². The second kappa shape index (κ2) is 12.1. The fourth-order valence-electron chi connectivity index (χ4n) is 5.41. The number of nitrogens with two attached hydrogens (primary N) is 1. The van der Waals surface area contributed by atoms with Crippen LogP contribution in [0.4, 0.5) is 0 Å². The molecule has 198 valence electrons. The quantitative estimate of drug-likeness (QED) is 0.385. The number of carbonyl (C=O) groups excluding carboxylic acids is 2. The van der Waals surface area contributed by atoms with Crippen LogP contribution in [0.25, 0.3) is 11.0 Å². The van der Waals surface area contributed by atoms with Crippen molar-refractivity contribution in [2.75, 3.05) is 19.7 Å². The molecule has 0 unspecified atom stereocenters. The van der Waals surface area contributed by atoms with Crippen molar-refractivity contribution in [1.82, 2.24) is 14.5 Å². The van der Waals surface area contributed by atoms with Crippen LogP contribution >= 0.6 is 0 Å². The number of nitrogens with zero attached hydrogens (tertiary/aromatic N) is 2. The van der Waals surface area contributed by atoms with Crippen molar-refractivity contribution >= 4 is 22.8 Å². The average Bonchev–Trinajstić information content (AvgIpc) is 3.19. The molecule has 0 radical (unpaired) electrons. The summed E-state index contributed by atoms with van der Waals surface area (Å²) in [5, 5.41) is 0. The SMILES string of the molecule is Cc1cc2[nH]c(=O)n(CCCOc3ccccc3)c2c(CC(=O)N(CC(N)=O)CC2CCCCC2)c1C. The Balaban J connectivity index is 1.56. The Morgan fingerprint density at radius 2 is 1.86 bits per heavy atom. The maximum atomic E-state index is 13.6. The lowest BCUT2D eigenvalue weighted by Crippen LogP contribution is -2.42. The zero-order valence-corrected chi connectivity index (χ0v) is 21.9. The largest absolute Gasteiger partial charge is 0.494 e. The van der Waals surface area contributed by atoms with E-state index in [0.29, 0.717) is 37.6 Å². The molecule has 1 aliphatic carbocycles. The van der Waals surface area contributed by atoms with Gasteiger partial charge in [0.25, 0.3) is 0 Å². The van der Waals surface area contributed by atoms with Crippen molar-refractivity contribution in [3.8, 4) is 5.75 Å². The number of amides is 2. The third kappa shape index (κ3) is 6.61. The highest BCUT2D eigenvalue weighted by Gasteiger charge is 2.25. The molecule has 8 heteroatoms. The Labute approximate surface area is 217 Å². The summed E-state index contributed by atoms with van der Waals surface area (Å²) in [6, 6.07) is 11.5. The summed E-state index contributed by atoms with van der Waals surface area (Å²) in [4.78, 5) is 42.9. The Bertz CT molecular complexity index is 1290. The zero-order chi connectivity index (χ0) is 26.4. The number of carbonyl (C=O) groups is 2. The monoisotopic (exact) mass is 506 g/mol. The minimum absolute atomic E-state index is 0.0832. The van der Waals surface area contributed by atoms with Gasteiger partial charge in [0, 0.05) is 13.1 Å². The summed E-state index contributed by atoms with van der Waals surface area (Å²) in [6.07, 6.45) is 6.42. The van der Waals surface area contributed by atoms with Crippen molar-refractivity contribution < 1.29 is 14.3 Å². The van der Waals surface area contributed by atoms with E-state index in [1.807, 2.05) is 50.2 Å². The first kappa shape index (κ1) is 26.5. The van der Waals surface area contributed by atoms with Gasteiger partial charge in [-0.15, -0.1) is 0 Å². The molecule has 1 heterocycles. The number of nitrogens with one attached hydrogen (secondary N) is 1. The van der Waals surface area contributed by atoms with Crippen LogP contribution in [0.5, 0.6) is 5.75 Å². The summed E-state index contributed by atoms with van der Waals surface area (Å²) >= 11 is 0. The van der Waals surface area contributed by atoms with Crippen molar-refractivity contribution in [2.45, 2.75) is 65.3 Å². The molecule has 0 aliphatic heterocycles. The molecule has 0 saturated heterocycles. The van der Waals surface area contributed by atoms with Gasteiger partial charge in [0.1, 0.15) is 5.75 Å². The molecular formula is C29H38N4O4.